The second-order valence-corrected chi connectivity index (χ2v) is 6.79. The summed E-state index contributed by atoms with van der Waals surface area (Å²) >= 11 is 0. The third kappa shape index (κ3) is 8.03. The molecule has 0 bridgehead atoms. The van der Waals surface area contributed by atoms with Crippen molar-refractivity contribution in [3.8, 4) is 6.07 Å². The van der Waals surface area contributed by atoms with E-state index in [4.69, 9.17) is 10.4 Å². The summed E-state index contributed by atoms with van der Waals surface area (Å²) in [5.41, 5.74) is -0.203. The maximum absolute atomic E-state index is 10.5. The number of hydrogen-bond acceptors (Lipinski definition) is 4. The fourth-order valence-electron chi connectivity index (χ4n) is 2.86. The molecule has 1 rings (SSSR count). The zero-order valence-corrected chi connectivity index (χ0v) is 13.4. The minimum absolute atomic E-state index is 0.0553. The molecule has 0 spiro atoms. The molecule has 5 heteroatoms. The number of rotatable bonds is 9. The van der Waals surface area contributed by atoms with Crippen LogP contribution in [0.15, 0.2) is 0 Å². The molecule has 1 aliphatic heterocycles. The number of hydrogen-bond donors (Lipinski definition) is 2. The molecular weight excluding hydrogens is 266 g/mol. The molecule has 0 aromatic heterocycles. The Kier molecular flexibility index (Phi) is 7.69. The van der Waals surface area contributed by atoms with Crippen molar-refractivity contribution in [2.75, 3.05) is 32.7 Å². The van der Waals surface area contributed by atoms with Crippen LogP contribution in [0.25, 0.3) is 0 Å². The topological polar surface area (TPSA) is 76.4 Å². The molecule has 0 aromatic rings. The predicted molar refractivity (Wildman–Crippen MR) is 82.9 cm³/mol. The Morgan fingerprint density at radius 2 is 2.24 bits per heavy atom. The third-order valence-corrected chi connectivity index (χ3v) is 4.14. The van der Waals surface area contributed by atoms with Gasteiger partial charge in [0.1, 0.15) is 0 Å². The van der Waals surface area contributed by atoms with Gasteiger partial charge in [0.2, 0.25) is 0 Å². The SMILES string of the molecule is CC(C)(C#N)CCCCN1CCCC(CNCC(=O)O)C1. The Morgan fingerprint density at radius 3 is 2.90 bits per heavy atom. The van der Waals surface area contributed by atoms with Gasteiger partial charge in [-0.2, -0.15) is 5.26 Å². The summed E-state index contributed by atoms with van der Waals surface area (Å²) < 4.78 is 0. The highest BCUT2D eigenvalue weighted by Crippen LogP contribution is 2.22. The number of likely N-dealkylation sites (tertiary alicyclic amines) is 1. The molecule has 2 N–H and O–H groups in total. The Hall–Kier alpha value is -1.12. The van der Waals surface area contributed by atoms with Crippen molar-refractivity contribution in [3.63, 3.8) is 0 Å². The van der Waals surface area contributed by atoms with Crippen LogP contribution in [0.3, 0.4) is 0 Å². The van der Waals surface area contributed by atoms with Crippen LogP contribution in [0, 0.1) is 22.7 Å². The smallest absolute Gasteiger partial charge is 0.317 e. The molecule has 1 aliphatic rings. The average Bonchev–Trinajstić information content (AvgIpc) is 2.44. The number of nitriles is 1. The van der Waals surface area contributed by atoms with E-state index in [-0.39, 0.29) is 12.0 Å². The Labute approximate surface area is 128 Å². The van der Waals surface area contributed by atoms with E-state index < -0.39 is 5.97 Å². The third-order valence-electron chi connectivity index (χ3n) is 4.14. The first-order valence-corrected chi connectivity index (χ1v) is 7.99. The second kappa shape index (κ2) is 9.01. The summed E-state index contributed by atoms with van der Waals surface area (Å²) in [6.07, 6.45) is 5.58. The molecule has 0 amide bonds. The zero-order chi connectivity index (χ0) is 15.7. The van der Waals surface area contributed by atoms with Gasteiger partial charge in [-0.25, -0.2) is 0 Å². The largest absolute Gasteiger partial charge is 0.480 e. The highest BCUT2D eigenvalue weighted by atomic mass is 16.4. The van der Waals surface area contributed by atoms with Gasteiger partial charge >= 0.3 is 5.97 Å². The minimum atomic E-state index is -0.789. The standard InChI is InChI=1S/C16H29N3O2/c1-16(2,13-17)7-3-4-8-19-9-5-6-14(12-19)10-18-11-15(20)21/h14,18H,3-12H2,1-2H3,(H,20,21). The normalized spacial score (nSPS) is 20.1. The summed E-state index contributed by atoms with van der Waals surface area (Å²) in [5.74, 6) is -0.226. The molecule has 0 saturated carbocycles. The summed E-state index contributed by atoms with van der Waals surface area (Å²) in [4.78, 5) is 13.0. The number of nitrogens with one attached hydrogen (secondary N) is 1. The van der Waals surface area contributed by atoms with Crippen molar-refractivity contribution in [1.82, 2.24) is 10.2 Å². The predicted octanol–water partition coefficient (Wildman–Crippen LogP) is 2.09. The van der Waals surface area contributed by atoms with Crippen LogP contribution in [-0.2, 0) is 4.79 Å². The lowest BCUT2D eigenvalue weighted by molar-refractivity contribution is -0.136. The van der Waals surface area contributed by atoms with Gasteiger partial charge in [-0.15, -0.1) is 0 Å². The Bertz CT molecular complexity index is 363. The quantitative estimate of drug-likeness (QED) is 0.637. The fourth-order valence-corrected chi connectivity index (χ4v) is 2.86. The van der Waals surface area contributed by atoms with Crippen molar-refractivity contribution in [3.05, 3.63) is 0 Å². The van der Waals surface area contributed by atoms with E-state index in [1.807, 2.05) is 13.8 Å². The van der Waals surface area contributed by atoms with Gasteiger partial charge in [-0.3, -0.25) is 4.79 Å². The van der Waals surface area contributed by atoms with Gasteiger partial charge in [0.05, 0.1) is 18.0 Å². The number of nitrogens with zero attached hydrogens (tertiary/aromatic N) is 2. The van der Waals surface area contributed by atoms with Crippen molar-refractivity contribution >= 4 is 5.97 Å². The number of carboxylic acids is 1. The Morgan fingerprint density at radius 1 is 1.48 bits per heavy atom. The molecule has 1 saturated heterocycles. The van der Waals surface area contributed by atoms with E-state index in [1.54, 1.807) is 0 Å². The molecule has 1 atom stereocenters. The molecule has 1 unspecified atom stereocenters. The molecule has 1 fully saturated rings. The minimum Gasteiger partial charge on any atom is -0.480 e. The first-order chi connectivity index (χ1) is 9.93. The van der Waals surface area contributed by atoms with E-state index in [0.717, 1.165) is 45.4 Å². The van der Waals surface area contributed by atoms with Gasteiger partial charge in [-0.05, 0) is 65.1 Å². The van der Waals surface area contributed by atoms with Crippen molar-refractivity contribution in [2.24, 2.45) is 11.3 Å². The number of unbranched alkanes of at least 4 members (excludes halogenated alkanes) is 1. The number of aliphatic carboxylic acids is 1. The van der Waals surface area contributed by atoms with Gasteiger partial charge in [0.15, 0.2) is 0 Å². The lowest BCUT2D eigenvalue weighted by Gasteiger charge is -2.33. The highest BCUT2D eigenvalue weighted by molar-refractivity contribution is 5.68. The van der Waals surface area contributed by atoms with Crippen LogP contribution in [0.2, 0.25) is 0 Å². The monoisotopic (exact) mass is 295 g/mol. The van der Waals surface area contributed by atoms with Crippen LogP contribution < -0.4 is 5.32 Å². The molecule has 0 aromatic carbocycles. The molecule has 1 heterocycles. The average molecular weight is 295 g/mol. The van der Waals surface area contributed by atoms with E-state index in [1.165, 1.54) is 12.8 Å². The molecule has 0 radical (unpaired) electrons. The summed E-state index contributed by atoms with van der Waals surface area (Å²) in [6.45, 7) is 8.16. The lowest BCUT2D eigenvalue weighted by Crippen LogP contribution is -2.40. The summed E-state index contributed by atoms with van der Waals surface area (Å²) in [5, 5.41) is 20.6. The molecule has 120 valence electrons. The van der Waals surface area contributed by atoms with Gasteiger partial charge in [0, 0.05) is 6.54 Å². The van der Waals surface area contributed by atoms with Crippen molar-refractivity contribution < 1.29 is 9.90 Å². The van der Waals surface area contributed by atoms with E-state index in [0.29, 0.717) is 5.92 Å². The number of piperidine rings is 1. The van der Waals surface area contributed by atoms with E-state index in [2.05, 4.69) is 16.3 Å². The van der Waals surface area contributed by atoms with E-state index in [9.17, 15) is 4.79 Å². The van der Waals surface area contributed by atoms with Crippen molar-refractivity contribution in [1.29, 1.82) is 5.26 Å². The maximum atomic E-state index is 10.5. The van der Waals surface area contributed by atoms with E-state index >= 15 is 0 Å². The molecular formula is C16H29N3O2. The van der Waals surface area contributed by atoms with Crippen LogP contribution >= 0.6 is 0 Å². The first kappa shape index (κ1) is 17.9. The van der Waals surface area contributed by atoms with Crippen LogP contribution in [0.5, 0.6) is 0 Å². The van der Waals surface area contributed by atoms with Crippen LogP contribution in [-0.4, -0.2) is 48.7 Å². The first-order valence-electron chi connectivity index (χ1n) is 7.99. The van der Waals surface area contributed by atoms with Gasteiger partial charge in [-0.1, -0.05) is 6.42 Å². The molecule has 5 nitrogen and oxygen atoms in total. The molecule has 0 aliphatic carbocycles. The lowest BCUT2D eigenvalue weighted by atomic mass is 9.89. The zero-order valence-electron chi connectivity index (χ0n) is 13.4. The number of carboxylic acid groups (broad SMARTS) is 1. The highest BCUT2D eigenvalue weighted by Gasteiger charge is 2.20. The van der Waals surface area contributed by atoms with Crippen LogP contribution in [0.1, 0.15) is 46.0 Å². The summed E-state index contributed by atoms with van der Waals surface area (Å²) in [7, 11) is 0. The van der Waals surface area contributed by atoms with Gasteiger partial charge in [0.25, 0.3) is 0 Å². The maximum Gasteiger partial charge on any atom is 0.317 e. The second-order valence-electron chi connectivity index (χ2n) is 6.79. The Balaban J connectivity index is 2.15. The molecule has 21 heavy (non-hydrogen) atoms. The fraction of sp³-hybridized carbons (Fsp3) is 0.875. The van der Waals surface area contributed by atoms with Crippen LogP contribution in [0.4, 0.5) is 0 Å². The van der Waals surface area contributed by atoms with Crippen molar-refractivity contribution in [2.45, 2.75) is 46.0 Å². The van der Waals surface area contributed by atoms with Gasteiger partial charge < -0.3 is 15.3 Å². The number of carbonyl (C=O) groups is 1. The summed E-state index contributed by atoms with van der Waals surface area (Å²) in [6, 6.07) is 2.35.